The van der Waals surface area contributed by atoms with Crippen LogP contribution in [0.15, 0.2) is 54.6 Å². The van der Waals surface area contributed by atoms with E-state index in [2.05, 4.69) is 4.90 Å². The van der Waals surface area contributed by atoms with Crippen molar-refractivity contribution in [3.8, 4) is 5.75 Å². The smallest absolute Gasteiger partial charge is 0.414 e. The van der Waals surface area contributed by atoms with Gasteiger partial charge in [0, 0.05) is 12.2 Å². The summed E-state index contributed by atoms with van der Waals surface area (Å²) in [5, 5.41) is 9.48. The van der Waals surface area contributed by atoms with Crippen molar-refractivity contribution in [3.05, 3.63) is 60.2 Å². The molecule has 0 aliphatic carbocycles. The highest BCUT2D eigenvalue weighted by molar-refractivity contribution is 5.87. The Kier molecular flexibility index (Phi) is 4.80. The van der Waals surface area contributed by atoms with Gasteiger partial charge in [-0.3, -0.25) is 9.80 Å². The normalized spacial score (nSPS) is 24.2. The minimum absolute atomic E-state index is 0.0176. The van der Waals surface area contributed by atoms with Crippen LogP contribution in [0.2, 0.25) is 0 Å². The average Bonchev–Trinajstić information content (AvgIpc) is 2.69. The minimum atomic E-state index is -0.303. The number of carbonyl (C=O) groups excluding carboxylic acids is 1. The van der Waals surface area contributed by atoms with E-state index in [9.17, 15) is 9.90 Å². The third-order valence-corrected chi connectivity index (χ3v) is 5.41. The lowest BCUT2D eigenvalue weighted by Crippen LogP contribution is -2.53. The summed E-state index contributed by atoms with van der Waals surface area (Å²) in [6.07, 6.45) is 1.90. The van der Waals surface area contributed by atoms with Gasteiger partial charge in [0.2, 0.25) is 0 Å². The van der Waals surface area contributed by atoms with Crippen LogP contribution in [0.1, 0.15) is 18.4 Å². The van der Waals surface area contributed by atoms with Gasteiger partial charge in [-0.15, -0.1) is 0 Å². The molecule has 3 saturated heterocycles. The van der Waals surface area contributed by atoms with Crippen molar-refractivity contribution >= 4 is 11.8 Å². The van der Waals surface area contributed by atoms with Crippen molar-refractivity contribution in [1.82, 2.24) is 4.90 Å². The highest BCUT2D eigenvalue weighted by Gasteiger charge is 2.37. The van der Waals surface area contributed by atoms with Crippen LogP contribution < -0.4 is 4.90 Å². The van der Waals surface area contributed by atoms with Crippen LogP contribution in [-0.2, 0) is 11.3 Å². The minimum Gasteiger partial charge on any atom is -0.508 e. The van der Waals surface area contributed by atoms with E-state index < -0.39 is 0 Å². The van der Waals surface area contributed by atoms with Crippen LogP contribution in [0.3, 0.4) is 0 Å². The van der Waals surface area contributed by atoms with Gasteiger partial charge in [-0.2, -0.15) is 0 Å². The number of ether oxygens (including phenoxy) is 1. The second-order valence-corrected chi connectivity index (χ2v) is 7.15. The first-order chi connectivity index (χ1) is 12.7. The van der Waals surface area contributed by atoms with Gasteiger partial charge in [0.25, 0.3) is 0 Å². The topological polar surface area (TPSA) is 53.0 Å². The summed E-state index contributed by atoms with van der Waals surface area (Å²) in [6, 6.07) is 16.5. The molecule has 0 radical (unpaired) electrons. The Hall–Kier alpha value is -2.53. The molecule has 1 amide bonds. The van der Waals surface area contributed by atoms with Gasteiger partial charge in [-0.1, -0.05) is 30.3 Å². The average molecular weight is 352 g/mol. The van der Waals surface area contributed by atoms with E-state index in [1.165, 1.54) is 0 Å². The number of hydrogen-bond donors (Lipinski definition) is 1. The van der Waals surface area contributed by atoms with Crippen molar-refractivity contribution in [2.45, 2.75) is 25.5 Å². The number of amides is 1. The number of anilines is 1. The first kappa shape index (κ1) is 16.9. The maximum atomic E-state index is 13.0. The predicted octanol–water partition coefficient (Wildman–Crippen LogP) is 3.63. The highest BCUT2D eigenvalue weighted by atomic mass is 16.6. The Balaban J connectivity index is 1.52. The summed E-state index contributed by atoms with van der Waals surface area (Å²) in [5.74, 6) is 0.699. The number of carbonyl (C=O) groups is 1. The van der Waals surface area contributed by atoms with Gasteiger partial charge in [0.1, 0.15) is 11.9 Å². The molecule has 2 bridgehead atoms. The predicted molar refractivity (Wildman–Crippen MR) is 100 cm³/mol. The molecule has 136 valence electrons. The number of piperidine rings is 3. The van der Waals surface area contributed by atoms with Crippen LogP contribution in [-0.4, -0.2) is 41.8 Å². The Morgan fingerprint density at radius 2 is 1.77 bits per heavy atom. The zero-order valence-electron chi connectivity index (χ0n) is 14.8. The van der Waals surface area contributed by atoms with E-state index in [0.717, 1.165) is 43.7 Å². The molecule has 2 aromatic rings. The zero-order valence-corrected chi connectivity index (χ0v) is 14.8. The maximum absolute atomic E-state index is 13.0. The molecule has 3 aliphatic rings. The van der Waals surface area contributed by atoms with Crippen molar-refractivity contribution in [2.24, 2.45) is 5.92 Å². The van der Waals surface area contributed by atoms with E-state index in [1.807, 2.05) is 42.5 Å². The lowest BCUT2D eigenvalue weighted by molar-refractivity contribution is -0.0311. The van der Waals surface area contributed by atoms with Gasteiger partial charge in [0.15, 0.2) is 0 Å². The fourth-order valence-electron chi connectivity index (χ4n) is 3.89. The van der Waals surface area contributed by atoms with Crippen molar-refractivity contribution in [3.63, 3.8) is 0 Å². The Morgan fingerprint density at radius 3 is 2.38 bits per heavy atom. The lowest BCUT2D eigenvalue weighted by Gasteiger charge is -2.44. The number of benzene rings is 2. The Labute approximate surface area is 153 Å². The molecular weight excluding hydrogens is 328 g/mol. The van der Waals surface area contributed by atoms with E-state index in [0.29, 0.717) is 12.5 Å². The molecule has 5 rings (SSSR count). The summed E-state index contributed by atoms with van der Waals surface area (Å²) in [4.78, 5) is 17.0. The summed E-state index contributed by atoms with van der Waals surface area (Å²) in [7, 11) is 0. The molecule has 0 spiro atoms. The number of para-hydroxylation sites is 1. The van der Waals surface area contributed by atoms with Gasteiger partial charge in [-0.25, -0.2) is 4.79 Å². The molecule has 3 fully saturated rings. The molecule has 1 atom stereocenters. The Morgan fingerprint density at radius 1 is 1.08 bits per heavy atom. The lowest BCUT2D eigenvalue weighted by atomic mass is 9.86. The van der Waals surface area contributed by atoms with Crippen LogP contribution in [0.25, 0.3) is 0 Å². The molecule has 0 aromatic heterocycles. The molecule has 3 aliphatic heterocycles. The number of rotatable bonds is 4. The molecule has 0 saturated carbocycles. The monoisotopic (exact) mass is 352 g/mol. The number of nitrogens with zero attached hydrogens (tertiary/aromatic N) is 2. The quantitative estimate of drug-likeness (QED) is 0.913. The molecule has 3 heterocycles. The van der Waals surface area contributed by atoms with E-state index >= 15 is 0 Å². The van der Waals surface area contributed by atoms with Crippen LogP contribution >= 0.6 is 0 Å². The highest BCUT2D eigenvalue weighted by Crippen LogP contribution is 2.30. The molecule has 5 heteroatoms. The first-order valence-electron chi connectivity index (χ1n) is 9.22. The third kappa shape index (κ3) is 3.68. The molecule has 2 aromatic carbocycles. The van der Waals surface area contributed by atoms with E-state index in [1.54, 1.807) is 17.0 Å². The molecule has 1 unspecified atom stereocenters. The number of hydrogen-bond acceptors (Lipinski definition) is 4. The summed E-state index contributed by atoms with van der Waals surface area (Å²) >= 11 is 0. The fourth-order valence-corrected chi connectivity index (χ4v) is 3.89. The number of phenols is 1. The molecule has 26 heavy (non-hydrogen) atoms. The number of aromatic hydroxyl groups is 1. The largest absolute Gasteiger partial charge is 0.508 e. The van der Waals surface area contributed by atoms with Gasteiger partial charge in [-0.05, 0) is 61.7 Å². The first-order valence-corrected chi connectivity index (χ1v) is 9.22. The Bertz CT molecular complexity index is 740. The fraction of sp³-hybridized carbons (Fsp3) is 0.381. The zero-order chi connectivity index (χ0) is 17.9. The SMILES string of the molecule is O=C(OC1CN2CCC1CC2)N(Cc1ccc(O)cc1)c1ccccc1. The van der Waals surface area contributed by atoms with Crippen LogP contribution in [0.4, 0.5) is 10.5 Å². The van der Waals surface area contributed by atoms with Gasteiger partial charge in [0.05, 0.1) is 6.54 Å². The van der Waals surface area contributed by atoms with Gasteiger partial charge < -0.3 is 9.84 Å². The second kappa shape index (κ2) is 7.38. The molecule has 5 nitrogen and oxygen atoms in total. The van der Waals surface area contributed by atoms with Crippen molar-refractivity contribution < 1.29 is 14.6 Å². The van der Waals surface area contributed by atoms with E-state index in [4.69, 9.17) is 4.74 Å². The standard InChI is InChI=1S/C21H24N2O3/c24-19-8-6-16(7-9-19)14-23(18-4-2-1-3-5-18)21(25)26-20-15-22-12-10-17(20)11-13-22/h1-9,17,20,24H,10-15H2. The van der Waals surface area contributed by atoms with Gasteiger partial charge >= 0.3 is 6.09 Å². The van der Waals surface area contributed by atoms with Crippen LogP contribution in [0, 0.1) is 5.92 Å². The summed E-state index contributed by atoms with van der Waals surface area (Å²) < 4.78 is 5.93. The second-order valence-electron chi connectivity index (χ2n) is 7.15. The number of fused-ring (bicyclic) bond motifs is 3. The van der Waals surface area contributed by atoms with E-state index in [-0.39, 0.29) is 17.9 Å². The van der Waals surface area contributed by atoms with Crippen molar-refractivity contribution in [2.75, 3.05) is 24.5 Å². The van der Waals surface area contributed by atoms with Crippen molar-refractivity contribution in [1.29, 1.82) is 0 Å². The summed E-state index contributed by atoms with van der Waals surface area (Å²) in [5.41, 5.74) is 1.75. The summed E-state index contributed by atoms with van der Waals surface area (Å²) in [6.45, 7) is 3.49. The van der Waals surface area contributed by atoms with Crippen LogP contribution in [0.5, 0.6) is 5.75 Å². The maximum Gasteiger partial charge on any atom is 0.414 e. The molecule has 1 N–H and O–H groups in total. The number of phenolic OH excluding ortho intramolecular Hbond substituents is 1. The third-order valence-electron chi connectivity index (χ3n) is 5.41. The molecular formula is C21H24N2O3.